The summed E-state index contributed by atoms with van der Waals surface area (Å²) in [4.78, 5) is 9.67. The molecule has 3 aromatic carbocycles. The average Bonchev–Trinajstić information content (AvgIpc) is 3.58. The fourth-order valence-corrected chi connectivity index (χ4v) is 5.20. The summed E-state index contributed by atoms with van der Waals surface area (Å²) in [5.74, 6) is 2.71. The molecule has 0 saturated carbocycles. The molecular weight excluding hydrogens is 492 g/mol. The van der Waals surface area contributed by atoms with Crippen LogP contribution in [0.3, 0.4) is 0 Å². The van der Waals surface area contributed by atoms with Crippen molar-refractivity contribution in [2.75, 3.05) is 14.2 Å². The molecule has 0 amide bonds. The van der Waals surface area contributed by atoms with Crippen molar-refractivity contribution in [3.8, 4) is 40.3 Å². The summed E-state index contributed by atoms with van der Waals surface area (Å²) >= 11 is 0. The van der Waals surface area contributed by atoms with Crippen molar-refractivity contribution in [1.82, 2.24) is 29.4 Å². The van der Waals surface area contributed by atoms with Gasteiger partial charge in [-0.3, -0.25) is 0 Å². The summed E-state index contributed by atoms with van der Waals surface area (Å²) in [5, 5.41) is 9.64. The molecule has 0 fully saturated rings. The number of aromatic nitrogens is 6. The minimum absolute atomic E-state index is 0.207. The molecule has 3 aromatic heterocycles. The van der Waals surface area contributed by atoms with E-state index in [1.54, 1.807) is 25.1 Å². The number of fused-ring (bicyclic) bond motifs is 4. The average molecular weight is 517 g/mol. The predicted octanol–water partition coefficient (Wildman–Crippen LogP) is 5.59. The minimum Gasteiger partial charge on any atom is -0.493 e. The molecule has 0 spiro atoms. The molecule has 39 heavy (non-hydrogen) atoms. The highest BCUT2D eigenvalue weighted by molar-refractivity contribution is 5.69. The highest BCUT2D eigenvalue weighted by atomic mass is 16.5. The van der Waals surface area contributed by atoms with Crippen molar-refractivity contribution >= 4 is 5.65 Å². The predicted molar refractivity (Wildman–Crippen MR) is 145 cm³/mol. The van der Waals surface area contributed by atoms with E-state index < -0.39 is 0 Å². The Balaban J connectivity index is 1.45. The van der Waals surface area contributed by atoms with Gasteiger partial charge in [0.2, 0.25) is 11.8 Å². The lowest BCUT2D eigenvalue weighted by molar-refractivity contribution is 0.355. The van der Waals surface area contributed by atoms with Gasteiger partial charge in [-0.25, -0.2) is 19.2 Å². The maximum atomic E-state index is 6.50. The van der Waals surface area contributed by atoms with Crippen molar-refractivity contribution in [3.63, 3.8) is 0 Å². The van der Waals surface area contributed by atoms with Gasteiger partial charge in [-0.2, -0.15) is 5.10 Å². The van der Waals surface area contributed by atoms with E-state index in [0.717, 1.165) is 33.6 Å². The van der Waals surface area contributed by atoms with Crippen LogP contribution < -0.4 is 14.2 Å². The third-order valence-corrected chi connectivity index (χ3v) is 7.00. The Hall–Kier alpha value is -5.18. The molecule has 0 saturated heterocycles. The van der Waals surface area contributed by atoms with Gasteiger partial charge in [-0.15, -0.1) is 5.10 Å². The van der Waals surface area contributed by atoms with Crippen molar-refractivity contribution < 1.29 is 14.2 Å². The zero-order valence-electron chi connectivity index (χ0n) is 21.6. The van der Waals surface area contributed by atoms with Crippen LogP contribution in [0.5, 0.6) is 23.3 Å². The Bertz CT molecular complexity index is 1830. The van der Waals surface area contributed by atoms with Crippen LogP contribution in [0, 0.1) is 6.92 Å². The smallest absolute Gasteiger partial charge is 0.230 e. The molecule has 1 aliphatic rings. The van der Waals surface area contributed by atoms with Gasteiger partial charge in [0, 0.05) is 5.56 Å². The van der Waals surface area contributed by atoms with E-state index in [0.29, 0.717) is 34.7 Å². The molecule has 9 nitrogen and oxygen atoms in total. The lowest BCUT2D eigenvalue weighted by atomic mass is 9.84. The maximum Gasteiger partial charge on any atom is 0.230 e. The number of ether oxygens (including phenoxy) is 3. The second kappa shape index (κ2) is 8.98. The monoisotopic (exact) mass is 516 g/mol. The number of hydrogen-bond donors (Lipinski definition) is 0. The van der Waals surface area contributed by atoms with E-state index in [9.17, 15) is 0 Å². The number of methoxy groups -OCH3 is 2. The maximum absolute atomic E-state index is 6.50. The van der Waals surface area contributed by atoms with Gasteiger partial charge in [-0.05, 0) is 42.8 Å². The third-order valence-electron chi connectivity index (χ3n) is 7.00. The van der Waals surface area contributed by atoms with Gasteiger partial charge in [-0.1, -0.05) is 48.5 Å². The largest absolute Gasteiger partial charge is 0.493 e. The van der Waals surface area contributed by atoms with Crippen LogP contribution in [0.4, 0.5) is 0 Å². The quantitative estimate of drug-likeness (QED) is 0.295. The first-order valence-electron chi connectivity index (χ1n) is 12.5. The highest BCUT2D eigenvalue weighted by Crippen LogP contribution is 2.49. The van der Waals surface area contributed by atoms with E-state index in [1.807, 2.05) is 78.3 Å². The molecule has 1 atom stereocenters. The van der Waals surface area contributed by atoms with Crippen molar-refractivity contribution in [2.45, 2.75) is 12.8 Å². The summed E-state index contributed by atoms with van der Waals surface area (Å²) in [7, 11) is 3.22. The fraction of sp³-hybridized carbons (Fsp3) is 0.133. The Morgan fingerprint density at radius 3 is 2.31 bits per heavy atom. The van der Waals surface area contributed by atoms with Crippen molar-refractivity contribution in [2.24, 2.45) is 0 Å². The molecule has 0 bridgehead atoms. The summed E-state index contributed by atoms with van der Waals surface area (Å²) in [5.41, 5.74) is 6.15. The van der Waals surface area contributed by atoms with Crippen LogP contribution in [0.1, 0.15) is 28.3 Å². The van der Waals surface area contributed by atoms with Gasteiger partial charge in [0.1, 0.15) is 6.33 Å². The lowest BCUT2D eigenvalue weighted by Crippen LogP contribution is -2.16. The second-order valence-electron chi connectivity index (χ2n) is 9.23. The lowest BCUT2D eigenvalue weighted by Gasteiger charge is -2.26. The molecule has 9 heteroatoms. The standard InChI is InChI=1S/C30H24N6O3/c1-18-24-25(19-10-6-4-7-11-19)26-28-32-27(20-14-15-22(37-2)23(16-20)38-3)34-35(28)17-31-29(26)39-30(24)36(33-18)21-12-8-5-9-13-21/h4-17,25H,1-3H3/t25-/m0/s1. The number of aryl methyl sites for hydroxylation is 1. The van der Waals surface area contributed by atoms with Crippen LogP contribution in [-0.2, 0) is 0 Å². The van der Waals surface area contributed by atoms with Crippen LogP contribution in [0.25, 0.3) is 22.7 Å². The highest BCUT2D eigenvalue weighted by Gasteiger charge is 2.38. The van der Waals surface area contributed by atoms with Gasteiger partial charge in [0.25, 0.3) is 0 Å². The fourth-order valence-electron chi connectivity index (χ4n) is 5.20. The van der Waals surface area contributed by atoms with E-state index in [2.05, 4.69) is 17.1 Å². The minimum atomic E-state index is -0.207. The number of hydrogen-bond acceptors (Lipinski definition) is 7. The van der Waals surface area contributed by atoms with Gasteiger partial charge in [0.05, 0.1) is 42.6 Å². The van der Waals surface area contributed by atoms with Crippen molar-refractivity contribution in [1.29, 1.82) is 0 Å². The van der Waals surface area contributed by atoms with Gasteiger partial charge < -0.3 is 14.2 Å². The number of nitrogens with zero attached hydrogens (tertiary/aromatic N) is 6. The zero-order valence-corrected chi connectivity index (χ0v) is 21.6. The topological polar surface area (TPSA) is 88.6 Å². The molecule has 0 radical (unpaired) electrons. The van der Waals surface area contributed by atoms with Crippen LogP contribution in [-0.4, -0.2) is 43.6 Å². The Morgan fingerprint density at radius 2 is 1.56 bits per heavy atom. The normalized spacial score (nSPS) is 14.0. The van der Waals surface area contributed by atoms with Crippen molar-refractivity contribution in [3.05, 3.63) is 108 Å². The third kappa shape index (κ3) is 3.62. The summed E-state index contributed by atoms with van der Waals surface area (Å²) < 4.78 is 20.9. The first-order valence-corrected chi connectivity index (χ1v) is 12.5. The molecule has 6 aromatic rings. The van der Waals surface area contributed by atoms with Gasteiger partial charge >= 0.3 is 0 Å². The van der Waals surface area contributed by atoms with Gasteiger partial charge in [0.15, 0.2) is 23.0 Å². The Morgan fingerprint density at radius 1 is 0.821 bits per heavy atom. The molecular formula is C30H24N6O3. The second-order valence-corrected chi connectivity index (χ2v) is 9.23. The zero-order chi connectivity index (χ0) is 26.5. The molecule has 0 unspecified atom stereocenters. The number of rotatable bonds is 5. The molecule has 0 N–H and O–H groups in total. The molecule has 0 aliphatic carbocycles. The number of benzene rings is 3. The van der Waals surface area contributed by atoms with E-state index in [1.165, 1.54) is 0 Å². The van der Waals surface area contributed by atoms with Crippen LogP contribution in [0.2, 0.25) is 0 Å². The Labute approximate surface area is 224 Å². The molecule has 7 rings (SSSR count). The van der Waals surface area contributed by atoms with Crippen LogP contribution >= 0.6 is 0 Å². The SMILES string of the molecule is COc1ccc(-c2nc3c4c(ncn3n2)Oc2c(c(C)nn2-c2ccccc2)[C@@H]4c2ccccc2)cc1OC. The summed E-state index contributed by atoms with van der Waals surface area (Å²) in [6.45, 7) is 2.01. The molecule has 192 valence electrons. The van der Waals surface area contributed by atoms with E-state index >= 15 is 0 Å². The van der Waals surface area contributed by atoms with E-state index in [-0.39, 0.29) is 5.92 Å². The summed E-state index contributed by atoms with van der Waals surface area (Å²) in [6, 6.07) is 25.9. The molecule has 4 heterocycles. The van der Waals surface area contributed by atoms with Crippen LogP contribution in [0.15, 0.2) is 85.2 Å². The van der Waals surface area contributed by atoms with E-state index in [4.69, 9.17) is 29.4 Å². The first kappa shape index (κ1) is 23.0. The Kier molecular flexibility index (Phi) is 5.29. The molecule has 1 aliphatic heterocycles. The summed E-state index contributed by atoms with van der Waals surface area (Å²) in [6.07, 6.45) is 1.63. The first-order chi connectivity index (χ1) is 19.2. The number of para-hydroxylation sites is 1.